The van der Waals surface area contributed by atoms with E-state index in [4.69, 9.17) is 11.6 Å². The molecule has 1 spiro atoms. The number of urea groups is 1. The van der Waals surface area contributed by atoms with Gasteiger partial charge in [0.25, 0.3) is 0 Å². The molecule has 2 heterocycles. The number of benzene rings is 2. The van der Waals surface area contributed by atoms with Crippen LogP contribution < -0.4 is 15.8 Å². The van der Waals surface area contributed by atoms with Crippen LogP contribution in [-0.4, -0.2) is 35.6 Å². The lowest BCUT2D eigenvalue weighted by molar-refractivity contribution is -0.132. The number of hydrogen-bond donors (Lipinski definition) is 2. The number of anilines is 1. The average molecular weight is 403 g/mol. The summed E-state index contributed by atoms with van der Waals surface area (Å²) in [6.45, 7) is 1.08. The van der Waals surface area contributed by atoms with Crippen LogP contribution in [-0.2, 0) is 11.2 Å². The maximum absolute atomic E-state index is 13.1. The van der Waals surface area contributed by atoms with Crippen molar-refractivity contribution in [1.82, 2.24) is 15.6 Å². The minimum atomic E-state index is -0.595. The van der Waals surface area contributed by atoms with Crippen LogP contribution in [0.4, 0.5) is 14.9 Å². The topological polar surface area (TPSA) is 64.7 Å². The van der Waals surface area contributed by atoms with Gasteiger partial charge < -0.3 is 10.2 Å². The van der Waals surface area contributed by atoms with E-state index in [1.165, 1.54) is 17.1 Å². The number of rotatable bonds is 3. The third-order valence-electron chi connectivity index (χ3n) is 5.20. The molecule has 8 heteroatoms. The van der Waals surface area contributed by atoms with Crippen molar-refractivity contribution < 1.29 is 14.0 Å². The fourth-order valence-corrected chi connectivity index (χ4v) is 3.71. The number of halogens is 2. The molecule has 2 aromatic rings. The van der Waals surface area contributed by atoms with Crippen LogP contribution in [0.2, 0.25) is 5.02 Å². The van der Waals surface area contributed by atoms with Gasteiger partial charge in [0.2, 0.25) is 5.91 Å². The Bertz CT molecular complexity index is 880. The van der Waals surface area contributed by atoms with Crippen molar-refractivity contribution in [1.29, 1.82) is 0 Å². The van der Waals surface area contributed by atoms with Crippen LogP contribution in [0, 0.1) is 5.82 Å². The number of nitrogens with one attached hydrogen (secondary N) is 2. The lowest BCUT2D eigenvalue weighted by atomic mass is 9.97. The summed E-state index contributed by atoms with van der Waals surface area (Å²) < 4.78 is 13.1. The molecule has 0 atom stereocenters. The summed E-state index contributed by atoms with van der Waals surface area (Å²) in [4.78, 5) is 26.8. The molecule has 2 saturated heterocycles. The molecule has 2 aliphatic heterocycles. The maximum Gasteiger partial charge on any atom is 0.338 e. The second kappa shape index (κ2) is 7.41. The fourth-order valence-electron chi connectivity index (χ4n) is 3.59. The van der Waals surface area contributed by atoms with Crippen molar-refractivity contribution >= 4 is 29.2 Å². The minimum absolute atomic E-state index is 0.0527. The Kier molecular flexibility index (Phi) is 4.95. The number of amides is 3. The van der Waals surface area contributed by atoms with Crippen molar-refractivity contribution in [2.75, 3.05) is 18.1 Å². The Morgan fingerprint density at radius 2 is 1.71 bits per heavy atom. The highest BCUT2D eigenvalue weighted by Crippen LogP contribution is 2.27. The highest BCUT2D eigenvalue weighted by molar-refractivity contribution is 6.30. The van der Waals surface area contributed by atoms with Crippen LogP contribution >= 0.6 is 11.6 Å². The molecule has 0 saturated carbocycles. The summed E-state index contributed by atoms with van der Waals surface area (Å²) in [5, 5.41) is 5.01. The van der Waals surface area contributed by atoms with E-state index in [1.54, 1.807) is 24.3 Å². The van der Waals surface area contributed by atoms with Crippen LogP contribution in [0.15, 0.2) is 48.5 Å². The molecule has 146 valence electrons. The van der Waals surface area contributed by atoms with Crippen molar-refractivity contribution in [3.05, 3.63) is 64.9 Å². The number of nitrogens with zero attached hydrogens (tertiary/aromatic N) is 2. The number of carbonyl (C=O) groups is 2. The van der Waals surface area contributed by atoms with Crippen molar-refractivity contribution in [3.63, 3.8) is 0 Å². The zero-order valence-corrected chi connectivity index (χ0v) is 15.9. The van der Waals surface area contributed by atoms with Crippen LogP contribution in [0.25, 0.3) is 0 Å². The van der Waals surface area contributed by atoms with Gasteiger partial charge in [0.1, 0.15) is 11.5 Å². The molecule has 2 aliphatic rings. The van der Waals surface area contributed by atoms with Gasteiger partial charge in [-0.1, -0.05) is 23.7 Å². The molecule has 3 amide bonds. The molecular weight excluding hydrogens is 383 g/mol. The summed E-state index contributed by atoms with van der Waals surface area (Å²) in [5.41, 5.74) is 4.10. The third-order valence-corrected chi connectivity index (χ3v) is 5.45. The van der Waals surface area contributed by atoms with E-state index in [2.05, 4.69) is 10.7 Å². The Morgan fingerprint density at radius 1 is 1.07 bits per heavy atom. The Morgan fingerprint density at radius 3 is 2.36 bits per heavy atom. The predicted molar refractivity (Wildman–Crippen MR) is 104 cm³/mol. The quantitative estimate of drug-likeness (QED) is 0.829. The first kappa shape index (κ1) is 18.7. The second-order valence-corrected chi connectivity index (χ2v) is 7.56. The van der Waals surface area contributed by atoms with Gasteiger partial charge in [0, 0.05) is 31.0 Å². The van der Waals surface area contributed by atoms with Gasteiger partial charge in [-0.3, -0.25) is 4.79 Å². The smallest absolute Gasteiger partial charge is 0.338 e. The predicted octanol–water partition coefficient (Wildman–Crippen LogP) is 3.07. The molecule has 0 bridgehead atoms. The minimum Gasteiger partial charge on any atom is -0.342 e. The van der Waals surface area contributed by atoms with Gasteiger partial charge in [-0.2, -0.15) is 0 Å². The van der Waals surface area contributed by atoms with Gasteiger partial charge in [-0.05, 0) is 42.0 Å². The standard InChI is InChI=1S/C20H20ClFN4O2/c21-15-3-1-14(2-4-15)13-18(27)25-11-9-20(10-12-25)23-19(28)26(24-20)17-7-5-16(22)6-8-17/h1-8,24H,9-13H2,(H,23,28). The SMILES string of the molecule is O=C(Cc1ccc(Cl)cc1)N1CCC2(CC1)NC(=O)N(c1ccc(F)cc1)N2. The Labute approximate surface area is 167 Å². The normalized spacial score (nSPS) is 18.4. The van der Waals surface area contributed by atoms with E-state index in [9.17, 15) is 14.0 Å². The van der Waals surface area contributed by atoms with E-state index in [-0.39, 0.29) is 17.8 Å². The molecule has 2 fully saturated rings. The molecule has 28 heavy (non-hydrogen) atoms. The van der Waals surface area contributed by atoms with Crippen molar-refractivity contribution in [2.24, 2.45) is 0 Å². The number of likely N-dealkylation sites (tertiary alicyclic amines) is 1. The van der Waals surface area contributed by atoms with E-state index in [0.29, 0.717) is 43.1 Å². The van der Waals surface area contributed by atoms with E-state index >= 15 is 0 Å². The second-order valence-electron chi connectivity index (χ2n) is 7.12. The lowest BCUT2D eigenvalue weighted by Crippen LogP contribution is -2.58. The van der Waals surface area contributed by atoms with Crippen molar-refractivity contribution in [3.8, 4) is 0 Å². The average Bonchev–Trinajstić information content (AvgIpc) is 3.00. The highest BCUT2D eigenvalue weighted by atomic mass is 35.5. The van der Waals surface area contributed by atoms with E-state index in [0.717, 1.165) is 5.56 Å². The van der Waals surface area contributed by atoms with Gasteiger partial charge in [0.15, 0.2) is 0 Å². The van der Waals surface area contributed by atoms with Crippen molar-refractivity contribution in [2.45, 2.75) is 24.9 Å². The van der Waals surface area contributed by atoms with Gasteiger partial charge in [-0.15, -0.1) is 0 Å². The number of piperidine rings is 1. The first-order valence-electron chi connectivity index (χ1n) is 9.12. The summed E-state index contributed by atoms with van der Waals surface area (Å²) in [7, 11) is 0. The number of hydrogen-bond acceptors (Lipinski definition) is 3. The molecule has 2 aromatic carbocycles. The molecule has 0 aliphatic carbocycles. The molecule has 0 aromatic heterocycles. The number of carbonyl (C=O) groups excluding carboxylic acids is 2. The number of hydrazine groups is 1. The summed E-state index contributed by atoms with van der Waals surface area (Å²) in [6.07, 6.45) is 1.50. The Hall–Kier alpha value is -2.64. The zero-order chi connectivity index (χ0) is 19.7. The Balaban J connectivity index is 1.37. The fraction of sp³-hybridized carbons (Fsp3) is 0.300. The summed E-state index contributed by atoms with van der Waals surface area (Å²) in [6, 6.07) is 12.7. The molecule has 2 N–H and O–H groups in total. The van der Waals surface area contributed by atoms with Gasteiger partial charge in [-0.25, -0.2) is 19.6 Å². The lowest BCUT2D eigenvalue weighted by Gasteiger charge is -2.39. The molecule has 0 radical (unpaired) electrons. The molecule has 6 nitrogen and oxygen atoms in total. The highest BCUT2D eigenvalue weighted by Gasteiger charge is 2.45. The first-order chi connectivity index (χ1) is 13.4. The third kappa shape index (κ3) is 3.81. The summed E-state index contributed by atoms with van der Waals surface area (Å²) in [5.74, 6) is -0.303. The molecular formula is C20H20ClFN4O2. The first-order valence-corrected chi connectivity index (χ1v) is 9.50. The molecule has 4 rings (SSSR count). The van der Waals surface area contributed by atoms with Gasteiger partial charge in [0.05, 0.1) is 12.1 Å². The summed E-state index contributed by atoms with van der Waals surface area (Å²) >= 11 is 5.88. The maximum atomic E-state index is 13.1. The zero-order valence-electron chi connectivity index (χ0n) is 15.1. The van der Waals surface area contributed by atoms with E-state index in [1.807, 2.05) is 17.0 Å². The molecule has 0 unspecified atom stereocenters. The monoisotopic (exact) mass is 402 g/mol. The largest absolute Gasteiger partial charge is 0.342 e. The van der Waals surface area contributed by atoms with Gasteiger partial charge >= 0.3 is 6.03 Å². The van der Waals surface area contributed by atoms with Crippen LogP contribution in [0.3, 0.4) is 0 Å². The van der Waals surface area contributed by atoms with Crippen LogP contribution in [0.5, 0.6) is 0 Å². The van der Waals surface area contributed by atoms with Crippen LogP contribution in [0.1, 0.15) is 18.4 Å². The van der Waals surface area contributed by atoms with E-state index < -0.39 is 5.66 Å².